The molecule has 0 radical (unpaired) electrons. The number of hydrazone groups is 1. The monoisotopic (exact) mass is 729 g/mol. The minimum atomic E-state index is -0.718. The van der Waals surface area contributed by atoms with Gasteiger partial charge in [-0.05, 0) is 36.4 Å². The highest BCUT2D eigenvalue weighted by Crippen LogP contribution is 2.17. The average molecular weight is 729 g/mol. The Balaban J connectivity index is 0.000000462. The molecule has 0 saturated heterocycles. The molecule has 0 unspecified atom stereocenters. The standard InChI is InChI=1S/C6H5N3O2.C6H7N3O2.C5H4O2.CH5N3O.I2/c7-6-9-8-5(11-6)4-2-1-3-10-4;7-6(10)9-8-4-5-2-1-3-11-5;6-4-5-2-1-3-7-5;2-1(5)4-3;1-2/h1-3H,(H2,7,9);1-4H,(H3,7,9,10);1-4H;3H2,(H3,2,4,5);/b;8-4+;;;. The maximum Gasteiger partial charge on any atom is 0.332 e. The quantitative estimate of drug-likeness (QED) is 0.0444. The molecular formula is C18H21I2N9O7. The summed E-state index contributed by atoms with van der Waals surface area (Å²) < 4.78 is 19.4. The summed E-state index contributed by atoms with van der Waals surface area (Å²) in [5.41, 5.74) is 18.1. The molecule has 194 valence electrons. The zero-order valence-electron chi connectivity index (χ0n) is 18.1. The van der Waals surface area contributed by atoms with Gasteiger partial charge in [-0.25, -0.2) is 20.9 Å². The van der Waals surface area contributed by atoms with E-state index in [4.69, 9.17) is 24.7 Å². The van der Waals surface area contributed by atoms with E-state index in [-0.39, 0.29) is 6.01 Å². The molecule has 0 aliphatic carbocycles. The highest BCUT2D eigenvalue weighted by Gasteiger charge is 2.07. The van der Waals surface area contributed by atoms with Gasteiger partial charge in [0.1, 0.15) is 5.76 Å². The smallest absolute Gasteiger partial charge is 0.332 e. The number of hydrogen-bond acceptors (Lipinski definition) is 12. The van der Waals surface area contributed by atoms with Gasteiger partial charge in [0.2, 0.25) is 0 Å². The molecule has 0 fully saturated rings. The molecule has 0 aromatic carbocycles. The zero-order valence-corrected chi connectivity index (χ0v) is 22.4. The van der Waals surface area contributed by atoms with E-state index >= 15 is 0 Å². The maximum atomic E-state index is 10.1. The minimum Gasteiger partial charge on any atom is -0.463 e. The van der Waals surface area contributed by atoms with Crippen LogP contribution < -0.4 is 33.9 Å². The Bertz CT molecular complexity index is 1120. The Morgan fingerprint density at radius 2 is 1.47 bits per heavy atom. The van der Waals surface area contributed by atoms with Crippen LogP contribution in [0, 0.1) is 0 Å². The van der Waals surface area contributed by atoms with E-state index in [2.05, 4.69) is 68.5 Å². The normalized spacial score (nSPS) is 8.97. The van der Waals surface area contributed by atoms with Gasteiger partial charge in [0.25, 0.3) is 5.89 Å². The molecular weight excluding hydrogens is 708 g/mol. The first-order valence-corrected chi connectivity index (χ1v) is 15.3. The summed E-state index contributed by atoms with van der Waals surface area (Å²) in [6, 6.07) is 8.76. The van der Waals surface area contributed by atoms with E-state index < -0.39 is 12.1 Å². The van der Waals surface area contributed by atoms with Crippen molar-refractivity contribution in [2.75, 3.05) is 5.73 Å². The first kappa shape index (κ1) is 32.1. The van der Waals surface area contributed by atoms with E-state index in [0.717, 1.165) is 0 Å². The number of rotatable bonds is 4. The molecule has 4 heterocycles. The van der Waals surface area contributed by atoms with Crippen LogP contribution in [-0.2, 0) is 0 Å². The molecule has 0 spiro atoms. The molecule has 4 aromatic heterocycles. The third-order valence-electron chi connectivity index (χ3n) is 2.88. The summed E-state index contributed by atoms with van der Waals surface area (Å²) >= 11 is 4.24. The Labute approximate surface area is 226 Å². The molecule has 10 N–H and O–H groups in total. The Morgan fingerprint density at radius 1 is 0.917 bits per heavy atom. The molecule has 0 aliphatic heterocycles. The van der Waals surface area contributed by atoms with Gasteiger partial charge in [0.05, 0.1) is 25.0 Å². The van der Waals surface area contributed by atoms with Crippen molar-refractivity contribution < 1.29 is 32.1 Å². The van der Waals surface area contributed by atoms with Gasteiger partial charge in [0.15, 0.2) is 17.8 Å². The molecule has 0 saturated carbocycles. The number of aldehydes is 1. The predicted molar refractivity (Wildman–Crippen MR) is 144 cm³/mol. The van der Waals surface area contributed by atoms with Crippen molar-refractivity contribution in [2.24, 2.45) is 22.4 Å². The van der Waals surface area contributed by atoms with Crippen LogP contribution in [0.5, 0.6) is 0 Å². The number of urea groups is 2. The number of primary amides is 2. The highest BCUT2D eigenvalue weighted by atomic mass is 128. The highest BCUT2D eigenvalue weighted by molar-refractivity contribution is 15.0. The fourth-order valence-corrected chi connectivity index (χ4v) is 1.62. The predicted octanol–water partition coefficient (Wildman–Crippen LogP) is 2.59. The van der Waals surface area contributed by atoms with Gasteiger partial charge >= 0.3 is 18.1 Å². The van der Waals surface area contributed by atoms with E-state index in [1.165, 1.54) is 25.0 Å². The molecule has 0 atom stereocenters. The lowest BCUT2D eigenvalue weighted by atomic mass is 10.5. The molecule has 4 rings (SSSR count). The van der Waals surface area contributed by atoms with Crippen molar-refractivity contribution in [3.63, 3.8) is 0 Å². The van der Waals surface area contributed by atoms with Crippen molar-refractivity contribution in [1.29, 1.82) is 0 Å². The largest absolute Gasteiger partial charge is 0.463 e. The maximum absolute atomic E-state index is 10.1. The lowest BCUT2D eigenvalue weighted by molar-refractivity contribution is 0.110. The van der Waals surface area contributed by atoms with Crippen molar-refractivity contribution >= 4 is 67.8 Å². The molecule has 16 nitrogen and oxygen atoms in total. The summed E-state index contributed by atoms with van der Waals surface area (Å²) in [7, 11) is 0. The van der Waals surface area contributed by atoms with Crippen molar-refractivity contribution in [1.82, 2.24) is 21.0 Å². The van der Waals surface area contributed by atoms with Crippen LogP contribution in [0.2, 0.25) is 0 Å². The third-order valence-corrected chi connectivity index (χ3v) is 2.88. The van der Waals surface area contributed by atoms with Gasteiger partial charge < -0.3 is 34.9 Å². The number of hydrogen-bond donors (Lipinski definition) is 6. The first-order valence-electron chi connectivity index (χ1n) is 8.99. The summed E-state index contributed by atoms with van der Waals surface area (Å²) in [4.78, 5) is 29.2. The summed E-state index contributed by atoms with van der Waals surface area (Å²) in [6.07, 6.45) is 6.51. The third kappa shape index (κ3) is 15.8. The molecule has 4 amide bonds. The van der Waals surface area contributed by atoms with Gasteiger partial charge in [-0.1, -0.05) is 5.10 Å². The second-order valence-corrected chi connectivity index (χ2v) is 5.31. The second-order valence-electron chi connectivity index (χ2n) is 5.31. The number of amides is 4. The van der Waals surface area contributed by atoms with Gasteiger partial charge in [-0.15, -0.1) is 5.10 Å². The fraction of sp³-hybridized carbons (Fsp3) is 0. The lowest BCUT2D eigenvalue weighted by Gasteiger charge is -1.87. The van der Waals surface area contributed by atoms with Crippen LogP contribution in [0.3, 0.4) is 0 Å². The van der Waals surface area contributed by atoms with Gasteiger partial charge in [-0.3, -0.25) is 10.2 Å². The van der Waals surface area contributed by atoms with Crippen LogP contribution >= 0.6 is 37.2 Å². The average Bonchev–Trinajstić information content (AvgIpc) is 3.69. The fourth-order valence-electron chi connectivity index (χ4n) is 1.62. The number of halogens is 2. The number of aromatic nitrogens is 2. The lowest BCUT2D eigenvalue weighted by Crippen LogP contribution is -2.34. The topological polar surface area (TPSA) is 270 Å². The van der Waals surface area contributed by atoms with E-state index in [1.54, 1.807) is 41.8 Å². The van der Waals surface area contributed by atoms with Crippen molar-refractivity contribution in [3.8, 4) is 11.7 Å². The molecule has 0 bridgehead atoms. The SMILES string of the molecule is II.NC(=O)N/N=C/c1ccco1.NNC(N)=O.Nc1nnc(-c2ccco2)o1.O=Cc1ccco1. The number of hydrazine groups is 1. The number of nitrogens with two attached hydrogens (primary N) is 4. The number of carbonyl (C=O) groups is 3. The van der Waals surface area contributed by atoms with Crippen LogP contribution in [0.25, 0.3) is 11.7 Å². The van der Waals surface area contributed by atoms with Crippen LogP contribution in [-0.4, -0.2) is 34.8 Å². The number of furan rings is 3. The van der Waals surface area contributed by atoms with Gasteiger partial charge in [0, 0.05) is 37.2 Å². The Hall–Kier alpha value is -3.92. The molecule has 0 aliphatic rings. The van der Waals surface area contributed by atoms with Gasteiger partial charge in [-0.2, -0.15) is 5.10 Å². The van der Waals surface area contributed by atoms with Crippen molar-refractivity contribution in [3.05, 3.63) is 66.7 Å². The summed E-state index contributed by atoms with van der Waals surface area (Å²) in [5, 5.41) is 10.6. The minimum absolute atomic E-state index is 0.0383. The van der Waals surface area contributed by atoms with Crippen molar-refractivity contribution in [2.45, 2.75) is 0 Å². The molecule has 18 heteroatoms. The Kier molecular flexibility index (Phi) is 18.2. The number of nitrogen functional groups attached to an aromatic ring is 1. The van der Waals surface area contributed by atoms with E-state index in [0.29, 0.717) is 29.5 Å². The van der Waals surface area contributed by atoms with Crippen LogP contribution in [0.4, 0.5) is 15.6 Å². The number of anilines is 1. The van der Waals surface area contributed by atoms with Crippen LogP contribution in [0.1, 0.15) is 16.3 Å². The number of nitrogens with zero attached hydrogens (tertiary/aromatic N) is 3. The second kappa shape index (κ2) is 20.5. The first-order chi connectivity index (χ1) is 17.3. The van der Waals surface area contributed by atoms with E-state index in [9.17, 15) is 14.4 Å². The zero-order chi connectivity index (χ0) is 27.2. The molecule has 36 heavy (non-hydrogen) atoms. The molecule has 4 aromatic rings. The van der Waals surface area contributed by atoms with Crippen LogP contribution in [0.15, 0.2) is 78.0 Å². The summed E-state index contributed by atoms with van der Waals surface area (Å²) in [5.74, 6) is 6.20. The number of carbonyl (C=O) groups excluding carboxylic acids is 3. The summed E-state index contributed by atoms with van der Waals surface area (Å²) in [6.45, 7) is 0. The van der Waals surface area contributed by atoms with E-state index in [1.807, 2.05) is 5.43 Å². The Morgan fingerprint density at radius 3 is 1.83 bits per heavy atom. The number of nitrogens with one attached hydrogen (secondary N) is 2.